The van der Waals surface area contributed by atoms with Crippen LogP contribution >= 0.6 is 0 Å². The summed E-state index contributed by atoms with van der Waals surface area (Å²) in [6, 6.07) is 9.76. The molecule has 1 N–H and O–H groups in total. The van der Waals surface area contributed by atoms with Gasteiger partial charge in [0.05, 0.1) is 7.11 Å². The second-order valence-electron chi connectivity index (χ2n) is 4.11. The van der Waals surface area contributed by atoms with Gasteiger partial charge in [-0.2, -0.15) is 0 Å². The first kappa shape index (κ1) is 12.7. The van der Waals surface area contributed by atoms with Crippen molar-refractivity contribution in [1.29, 1.82) is 0 Å². The van der Waals surface area contributed by atoms with Crippen LogP contribution in [0.5, 0.6) is 0 Å². The molecule has 0 unspecified atom stereocenters. The monoisotopic (exact) mass is 221 g/mol. The Morgan fingerprint density at radius 3 is 2.44 bits per heavy atom. The molecule has 0 aliphatic rings. The Morgan fingerprint density at radius 1 is 1.31 bits per heavy atom. The molecule has 0 fully saturated rings. The van der Waals surface area contributed by atoms with Gasteiger partial charge in [0, 0.05) is 6.54 Å². The van der Waals surface area contributed by atoms with Gasteiger partial charge in [-0.1, -0.05) is 44.2 Å². The summed E-state index contributed by atoms with van der Waals surface area (Å²) >= 11 is 0. The summed E-state index contributed by atoms with van der Waals surface area (Å²) in [6.45, 7) is 4.68. The fraction of sp³-hybridized carbons (Fsp3) is 0.462. The van der Waals surface area contributed by atoms with Crippen LogP contribution in [-0.4, -0.2) is 19.1 Å². The van der Waals surface area contributed by atoms with Gasteiger partial charge in [0.25, 0.3) is 0 Å². The number of hydrogen-bond donors (Lipinski definition) is 1. The third kappa shape index (κ3) is 3.66. The van der Waals surface area contributed by atoms with Crippen molar-refractivity contribution in [2.45, 2.75) is 26.4 Å². The van der Waals surface area contributed by atoms with Crippen molar-refractivity contribution >= 4 is 5.97 Å². The molecule has 0 aliphatic carbocycles. The first-order valence-electron chi connectivity index (χ1n) is 5.50. The number of methoxy groups -OCH3 is 1. The second-order valence-corrected chi connectivity index (χ2v) is 4.11. The number of carbonyl (C=O) groups is 1. The molecule has 0 saturated heterocycles. The van der Waals surface area contributed by atoms with Crippen LogP contribution in [0.15, 0.2) is 30.3 Å². The summed E-state index contributed by atoms with van der Waals surface area (Å²) in [4.78, 5) is 11.5. The van der Waals surface area contributed by atoms with E-state index in [0.717, 1.165) is 5.56 Å². The molecular weight excluding hydrogens is 202 g/mol. The highest BCUT2D eigenvalue weighted by atomic mass is 16.5. The number of rotatable bonds is 5. The van der Waals surface area contributed by atoms with Crippen molar-refractivity contribution in [3.63, 3.8) is 0 Å². The molecule has 0 aromatic heterocycles. The van der Waals surface area contributed by atoms with E-state index in [2.05, 4.69) is 5.32 Å². The Labute approximate surface area is 96.8 Å². The normalized spacial score (nSPS) is 12.5. The van der Waals surface area contributed by atoms with E-state index >= 15 is 0 Å². The van der Waals surface area contributed by atoms with Gasteiger partial charge in [0.2, 0.25) is 0 Å². The van der Waals surface area contributed by atoms with Gasteiger partial charge in [-0.05, 0) is 11.5 Å². The van der Waals surface area contributed by atoms with E-state index in [0.29, 0.717) is 6.54 Å². The highest BCUT2D eigenvalue weighted by Crippen LogP contribution is 2.05. The Bertz CT molecular complexity index is 322. The maximum Gasteiger partial charge on any atom is 0.323 e. The minimum absolute atomic E-state index is 0.203. The predicted molar refractivity (Wildman–Crippen MR) is 63.9 cm³/mol. The van der Waals surface area contributed by atoms with Gasteiger partial charge in [0.15, 0.2) is 0 Å². The van der Waals surface area contributed by atoms with Crippen LogP contribution in [0.2, 0.25) is 0 Å². The Morgan fingerprint density at radius 2 is 1.94 bits per heavy atom. The lowest BCUT2D eigenvalue weighted by Gasteiger charge is -2.19. The minimum Gasteiger partial charge on any atom is -0.468 e. The fourth-order valence-corrected chi connectivity index (χ4v) is 1.54. The highest BCUT2D eigenvalue weighted by molar-refractivity contribution is 5.75. The van der Waals surface area contributed by atoms with Crippen molar-refractivity contribution < 1.29 is 9.53 Å². The highest BCUT2D eigenvalue weighted by Gasteiger charge is 2.21. The predicted octanol–water partition coefficient (Wildman–Crippen LogP) is 1.97. The molecule has 1 atom stereocenters. The average Bonchev–Trinajstić information content (AvgIpc) is 2.30. The molecule has 1 rings (SSSR count). The largest absolute Gasteiger partial charge is 0.468 e. The molecule has 88 valence electrons. The quantitative estimate of drug-likeness (QED) is 0.773. The lowest BCUT2D eigenvalue weighted by atomic mass is 10.0. The van der Waals surface area contributed by atoms with E-state index in [4.69, 9.17) is 4.74 Å². The summed E-state index contributed by atoms with van der Waals surface area (Å²) in [5.74, 6) is 0.0158. The molecule has 0 aliphatic heterocycles. The van der Waals surface area contributed by atoms with E-state index in [1.165, 1.54) is 7.11 Å². The molecule has 0 saturated carbocycles. The van der Waals surface area contributed by atoms with E-state index < -0.39 is 0 Å². The number of benzene rings is 1. The summed E-state index contributed by atoms with van der Waals surface area (Å²) in [6.07, 6.45) is 0. The first-order chi connectivity index (χ1) is 7.65. The third-order valence-electron chi connectivity index (χ3n) is 2.49. The van der Waals surface area contributed by atoms with E-state index in [9.17, 15) is 4.79 Å². The van der Waals surface area contributed by atoms with Crippen LogP contribution in [-0.2, 0) is 16.1 Å². The Hall–Kier alpha value is -1.35. The van der Waals surface area contributed by atoms with Gasteiger partial charge in [-0.3, -0.25) is 4.79 Å². The average molecular weight is 221 g/mol. The summed E-state index contributed by atoms with van der Waals surface area (Å²) < 4.78 is 4.76. The van der Waals surface area contributed by atoms with E-state index in [1.54, 1.807) is 0 Å². The zero-order valence-electron chi connectivity index (χ0n) is 10.1. The number of carbonyl (C=O) groups excluding carboxylic acids is 1. The number of nitrogens with one attached hydrogen (secondary N) is 1. The van der Waals surface area contributed by atoms with Crippen molar-refractivity contribution in [3.8, 4) is 0 Å². The molecule has 0 radical (unpaired) electrons. The number of hydrogen-bond acceptors (Lipinski definition) is 3. The summed E-state index contributed by atoms with van der Waals surface area (Å²) in [7, 11) is 1.42. The van der Waals surface area contributed by atoms with Crippen LogP contribution in [0, 0.1) is 5.92 Å². The maximum absolute atomic E-state index is 11.5. The van der Waals surface area contributed by atoms with Crippen LogP contribution in [0.4, 0.5) is 0 Å². The van der Waals surface area contributed by atoms with Crippen molar-refractivity contribution in [3.05, 3.63) is 35.9 Å². The SMILES string of the molecule is COC(=O)[C@H](NCc1ccccc1)C(C)C. The molecule has 3 nitrogen and oxygen atoms in total. The molecule has 0 amide bonds. The molecule has 16 heavy (non-hydrogen) atoms. The molecule has 1 aromatic rings. The van der Waals surface area contributed by atoms with Crippen LogP contribution < -0.4 is 5.32 Å². The van der Waals surface area contributed by atoms with Crippen molar-refractivity contribution in [2.24, 2.45) is 5.92 Å². The second kappa shape index (κ2) is 6.28. The van der Waals surface area contributed by atoms with Gasteiger partial charge in [-0.15, -0.1) is 0 Å². The molecule has 0 bridgehead atoms. The maximum atomic E-state index is 11.5. The number of esters is 1. The van der Waals surface area contributed by atoms with Gasteiger partial charge >= 0.3 is 5.97 Å². The topological polar surface area (TPSA) is 38.3 Å². The van der Waals surface area contributed by atoms with Crippen molar-refractivity contribution in [2.75, 3.05) is 7.11 Å². The minimum atomic E-state index is -0.245. The first-order valence-corrected chi connectivity index (χ1v) is 5.50. The molecule has 0 spiro atoms. The lowest BCUT2D eigenvalue weighted by Crippen LogP contribution is -2.41. The Balaban J connectivity index is 2.54. The molecule has 3 heteroatoms. The van der Waals surface area contributed by atoms with E-state index in [1.807, 2.05) is 44.2 Å². The summed E-state index contributed by atoms with van der Waals surface area (Å²) in [5, 5.41) is 3.21. The summed E-state index contributed by atoms with van der Waals surface area (Å²) in [5.41, 5.74) is 1.16. The molecule has 0 heterocycles. The van der Waals surface area contributed by atoms with E-state index in [-0.39, 0.29) is 17.9 Å². The molecular formula is C13H19NO2. The van der Waals surface area contributed by atoms with Crippen LogP contribution in [0.3, 0.4) is 0 Å². The fourth-order valence-electron chi connectivity index (χ4n) is 1.54. The standard InChI is InChI=1S/C13H19NO2/c1-10(2)12(13(15)16-3)14-9-11-7-5-4-6-8-11/h4-8,10,12,14H,9H2,1-3H3/t12-/m1/s1. The number of ether oxygens (including phenoxy) is 1. The zero-order valence-corrected chi connectivity index (χ0v) is 10.1. The van der Waals surface area contributed by atoms with Crippen LogP contribution in [0.1, 0.15) is 19.4 Å². The van der Waals surface area contributed by atoms with Gasteiger partial charge < -0.3 is 10.1 Å². The third-order valence-corrected chi connectivity index (χ3v) is 2.49. The van der Waals surface area contributed by atoms with Gasteiger partial charge in [0.1, 0.15) is 6.04 Å². The van der Waals surface area contributed by atoms with Crippen LogP contribution in [0.25, 0.3) is 0 Å². The van der Waals surface area contributed by atoms with Gasteiger partial charge in [-0.25, -0.2) is 0 Å². The zero-order chi connectivity index (χ0) is 12.0. The molecule has 1 aromatic carbocycles. The smallest absolute Gasteiger partial charge is 0.323 e. The lowest BCUT2D eigenvalue weighted by molar-refractivity contribution is -0.144. The van der Waals surface area contributed by atoms with Crippen molar-refractivity contribution in [1.82, 2.24) is 5.32 Å². The Kier molecular flexibility index (Phi) is 4.99.